The Morgan fingerprint density at radius 1 is 0.944 bits per heavy atom. The van der Waals surface area contributed by atoms with Gasteiger partial charge in [0.2, 0.25) is 0 Å². The van der Waals surface area contributed by atoms with E-state index in [2.05, 4.69) is 44.1 Å². The zero-order valence-corrected chi connectivity index (χ0v) is 19.9. The molecule has 182 valence electrons. The second kappa shape index (κ2) is 9.97. The van der Waals surface area contributed by atoms with E-state index in [1.807, 2.05) is 30.5 Å². The molecule has 8 nitrogen and oxygen atoms in total. The third kappa shape index (κ3) is 4.51. The normalized spacial score (nSPS) is 16.7. The van der Waals surface area contributed by atoms with Gasteiger partial charge in [-0.3, -0.25) is 0 Å². The van der Waals surface area contributed by atoms with Crippen molar-refractivity contribution < 1.29 is 14.2 Å². The summed E-state index contributed by atoms with van der Waals surface area (Å²) in [7, 11) is 0. The van der Waals surface area contributed by atoms with Crippen LogP contribution in [0.4, 0.5) is 5.82 Å². The highest BCUT2D eigenvalue weighted by molar-refractivity contribution is 5.96. The van der Waals surface area contributed by atoms with E-state index >= 15 is 0 Å². The Kier molecular flexibility index (Phi) is 6.24. The molecule has 3 aromatic heterocycles. The SMILES string of the molecule is N#Cc1cc(-c2ccnc3[nH]c(-c4ccc(N5CCOCC5)nc4)cc23)ccc1OC1CCOCC1. The van der Waals surface area contributed by atoms with Crippen molar-refractivity contribution in [1.29, 1.82) is 5.26 Å². The zero-order valence-electron chi connectivity index (χ0n) is 19.9. The molecule has 2 saturated heterocycles. The quantitative estimate of drug-likeness (QED) is 0.446. The molecule has 0 radical (unpaired) electrons. The number of anilines is 1. The van der Waals surface area contributed by atoms with Crippen LogP contribution in [0.3, 0.4) is 0 Å². The van der Waals surface area contributed by atoms with E-state index < -0.39 is 0 Å². The summed E-state index contributed by atoms with van der Waals surface area (Å²) in [5.74, 6) is 1.59. The first-order valence-corrected chi connectivity index (χ1v) is 12.3. The van der Waals surface area contributed by atoms with Crippen molar-refractivity contribution in [2.24, 2.45) is 0 Å². The van der Waals surface area contributed by atoms with Gasteiger partial charge in [-0.15, -0.1) is 0 Å². The minimum absolute atomic E-state index is 0.0832. The minimum Gasteiger partial charge on any atom is -0.489 e. The molecule has 2 aliphatic heterocycles. The molecule has 5 heterocycles. The molecule has 4 aromatic rings. The first-order chi connectivity index (χ1) is 17.8. The van der Waals surface area contributed by atoms with Gasteiger partial charge in [-0.2, -0.15) is 5.26 Å². The highest BCUT2D eigenvalue weighted by Gasteiger charge is 2.18. The van der Waals surface area contributed by atoms with Crippen LogP contribution >= 0.6 is 0 Å². The summed E-state index contributed by atoms with van der Waals surface area (Å²) < 4.78 is 17.0. The number of H-pyrrole nitrogens is 1. The van der Waals surface area contributed by atoms with Crippen LogP contribution in [0.25, 0.3) is 33.4 Å². The summed E-state index contributed by atoms with van der Waals surface area (Å²) in [6, 6.07) is 16.3. The van der Waals surface area contributed by atoms with Gasteiger partial charge in [0.1, 0.15) is 29.4 Å². The van der Waals surface area contributed by atoms with Crippen LogP contribution in [0, 0.1) is 11.3 Å². The number of hydrogen-bond donors (Lipinski definition) is 1. The van der Waals surface area contributed by atoms with Crippen molar-refractivity contribution in [2.75, 3.05) is 44.4 Å². The average Bonchev–Trinajstić information content (AvgIpc) is 3.39. The molecule has 8 heteroatoms. The van der Waals surface area contributed by atoms with Crippen LogP contribution in [0.1, 0.15) is 18.4 Å². The Labute approximate surface area is 209 Å². The molecule has 0 saturated carbocycles. The smallest absolute Gasteiger partial charge is 0.138 e. The van der Waals surface area contributed by atoms with E-state index in [1.165, 1.54) is 0 Å². The fourth-order valence-corrected chi connectivity index (χ4v) is 4.82. The predicted octanol–water partition coefficient (Wildman–Crippen LogP) is 4.56. The standard InChI is InChI=1S/C28H27N5O3/c29-17-21-15-19(1-3-26(21)36-22-6-11-34-12-7-22)23-5-8-30-28-24(23)16-25(32-28)20-2-4-27(31-18-20)33-9-13-35-14-10-33/h1-5,8,15-16,18,22H,6-7,9-14H2,(H,30,32). The number of ether oxygens (including phenoxy) is 3. The summed E-state index contributed by atoms with van der Waals surface area (Å²) in [5, 5.41) is 10.8. The maximum Gasteiger partial charge on any atom is 0.138 e. The molecule has 2 aliphatic rings. The minimum atomic E-state index is 0.0832. The Hall–Kier alpha value is -3.93. The topological polar surface area (TPSA) is 96.3 Å². The van der Waals surface area contributed by atoms with Crippen LogP contribution < -0.4 is 9.64 Å². The van der Waals surface area contributed by atoms with Crippen LogP contribution in [-0.4, -0.2) is 60.6 Å². The van der Waals surface area contributed by atoms with Crippen molar-refractivity contribution in [3.63, 3.8) is 0 Å². The number of benzene rings is 1. The highest BCUT2D eigenvalue weighted by Crippen LogP contribution is 2.34. The van der Waals surface area contributed by atoms with Gasteiger partial charge in [-0.25, -0.2) is 9.97 Å². The summed E-state index contributed by atoms with van der Waals surface area (Å²) in [6.45, 7) is 4.57. The zero-order chi connectivity index (χ0) is 24.3. The molecule has 36 heavy (non-hydrogen) atoms. The molecule has 0 atom stereocenters. The van der Waals surface area contributed by atoms with Gasteiger partial charge >= 0.3 is 0 Å². The number of aromatic amines is 1. The average molecular weight is 482 g/mol. The molecule has 0 spiro atoms. The van der Waals surface area contributed by atoms with Gasteiger partial charge in [0.25, 0.3) is 0 Å². The fourth-order valence-electron chi connectivity index (χ4n) is 4.82. The lowest BCUT2D eigenvalue weighted by Gasteiger charge is -2.27. The molecule has 6 rings (SSSR count). The number of nitrogens with one attached hydrogen (secondary N) is 1. The van der Waals surface area contributed by atoms with Gasteiger partial charge in [0.05, 0.1) is 32.0 Å². The number of rotatable bonds is 5. The van der Waals surface area contributed by atoms with Gasteiger partial charge in [0, 0.05) is 55.0 Å². The van der Waals surface area contributed by atoms with Crippen LogP contribution in [0.2, 0.25) is 0 Å². The first-order valence-electron chi connectivity index (χ1n) is 12.3. The molecular formula is C28H27N5O3. The summed E-state index contributed by atoms with van der Waals surface area (Å²) in [4.78, 5) is 14.9. The van der Waals surface area contributed by atoms with Crippen molar-refractivity contribution in [3.05, 3.63) is 60.4 Å². The van der Waals surface area contributed by atoms with Gasteiger partial charge in [-0.05, 0) is 47.5 Å². The van der Waals surface area contributed by atoms with Crippen molar-refractivity contribution in [1.82, 2.24) is 15.0 Å². The third-order valence-electron chi connectivity index (χ3n) is 6.80. The third-order valence-corrected chi connectivity index (χ3v) is 6.80. The number of fused-ring (bicyclic) bond motifs is 1. The van der Waals surface area contributed by atoms with E-state index in [9.17, 15) is 5.26 Å². The Balaban J connectivity index is 1.29. The summed E-state index contributed by atoms with van der Waals surface area (Å²) in [5.41, 5.74) is 5.22. The first kappa shape index (κ1) is 22.5. The van der Waals surface area contributed by atoms with Gasteiger partial charge in [0.15, 0.2) is 0 Å². The largest absolute Gasteiger partial charge is 0.489 e. The van der Waals surface area contributed by atoms with Crippen molar-refractivity contribution in [3.8, 4) is 34.2 Å². The number of morpholine rings is 1. The van der Waals surface area contributed by atoms with Crippen LogP contribution in [-0.2, 0) is 9.47 Å². The molecular weight excluding hydrogens is 454 g/mol. The second-order valence-corrected chi connectivity index (χ2v) is 9.06. The van der Waals surface area contributed by atoms with Crippen molar-refractivity contribution >= 4 is 16.9 Å². The molecule has 0 bridgehead atoms. The van der Waals surface area contributed by atoms with Crippen LogP contribution in [0.15, 0.2) is 54.9 Å². The van der Waals surface area contributed by atoms with E-state index in [0.717, 1.165) is 78.4 Å². The summed E-state index contributed by atoms with van der Waals surface area (Å²) in [6.07, 6.45) is 5.44. The second-order valence-electron chi connectivity index (χ2n) is 9.06. The Bertz CT molecular complexity index is 1400. The lowest BCUT2D eigenvalue weighted by atomic mass is 10.0. The van der Waals surface area contributed by atoms with E-state index in [0.29, 0.717) is 24.5 Å². The molecule has 0 amide bonds. The molecule has 2 fully saturated rings. The monoisotopic (exact) mass is 481 g/mol. The number of nitrogens with zero attached hydrogens (tertiary/aromatic N) is 4. The van der Waals surface area contributed by atoms with Crippen LogP contribution in [0.5, 0.6) is 5.75 Å². The van der Waals surface area contributed by atoms with Gasteiger partial charge in [-0.1, -0.05) is 6.07 Å². The number of pyridine rings is 2. The lowest BCUT2D eigenvalue weighted by molar-refractivity contribution is 0.0254. The van der Waals surface area contributed by atoms with Crippen molar-refractivity contribution in [2.45, 2.75) is 18.9 Å². The molecule has 0 aliphatic carbocycles. The summed E-state index contributed by atoms with van der Waals surface area (Å²) >= 11 is 0. The molecule has 1 N–H and O–H groups in total. The molecule has 0 unspecified atom stereocenters. The maximum atomic E-state index is 9.81. The van der Waals surface area contributed by atoms with Gasteiger partial charge < -0.3 is 24.1 Å². The maximum absolute atomic E-state index is 9.81. The van der Waals surface area contributed by atoms with E-state index in [1.54, 1.807) is 6.20 Å². The fraction of sp³-hybridized carbons (Fsp3) is 0.321. The van der Waals surface area contributed by atoms with E-state index in [4.69, 9.17) is 14.2 Å². The number of aromatic nitrogens is 3. The Morgan fingerprint density at radius 3 is 2.53 bits per heavy atom. The number of nitriles is 1. The Morgan fingerprint density at radius 2 is 1.75 bits per heavy atom. The lowest BCUT2D eigenvalue weighted by Crippen LogP contribution is -2.36. The van der Waals surface area contributed by atoms with E-state index in [-0.39, 0.29) is 6.10 Å². The predicted molar refractivity (Wildman–Crippen MR) is 137 cm³/mol. The number of hydrogen-bond acceptors (Lipinski definition) is 7. The highest BCUT2D eigenvalue weighted by atomic mass is 16.5. The molecule has 1 aromatic carbocycles.